The molecule has 0 radical (unpaired) electrons. The maximum Gasteiger partial charge on any atom is 0.163 e. The van der Waals surface area contributed by atoms with Gasteiger partial charge in [0.15, 0.2) is 5.78 Å². The Kier molecular flexibility index (Phi) is 8.38. The molecule has 0 aromatic heterocycles. The second-order valence-electron chi connectivity index (χ2n) is 6.69. The van der Waals surface area contributed by atoms with Crippen molar-refractivity contribution in [1.82, 2.24) is 4.90 Å². The zero-order valence-electron chi connectivity index (χ0n) is 15.7. The number of ketones is 1. The van der Waals surface area contributed by atoms with Gasteiger partial charge in [0.1, 0.15) is 24.3 Å². The van der Waals surface area contributed by atoms with Gasteiger partial charge in [-0.3, -0.25) is 9.69 Å². The van der Waals surface area contributed by atoms with Crippen LogP contribution < -0.4 is 4.74 Å². The third-order valence-electron chi connectivity index (χ3n) is 4.54. The molecule has 2 unspecified atom stereocenters. The molecule has 2 aromatic carbocycles. The second kappa shape index (κ2) is 10.5. The van der Waals surface area contributed by atoms with Crippen LogP contribution in [0.3, 0.4) is 0 Å². The molecule has 1 aliphatic heterocycles. The second-order valence-corrected chi connectivity index (χ2v) is 6.69. The lowest BCUT2D eigenvalue weighted by atomic mass is 10.1. The van der Waals surface area contributed by atoms with Gasteiger partial charge >= 0.3 is 0 Å². The van der Waals surface area contributed by atoms with Crippen molar-refractivity contribution in [2.75, 3.05) is 32.8 Å². The normalized spacial score (nSPS) is 18.2. The zero-order valence-corrected chi connectivity index (χ0v) is 16.5. The number of Topliss-reactive ketones (excluding diaryl/α,β-unsaturated/α-hetero) is 1. The van der Waals surface area contributed by atoms with E-state index in [0.717, 1.165) is 5.56 Å². The van der Waals surface area contributed by atoms with Gasteiger partial charge in [0.25, 0.3) is 0 Å². The molecule has 0 amide bonds. The number of carbonyl (C=O) groups excluding carboxylic acids is 1. The SMILES string of the molecule is CC(=O)c1ccccc1OCC(O)CN1CCOC(c2cccc(F)c2)C1.Cl. The highest BCUT2D eigenvalue weighted by molar-refractivity contribution is 5.96. The largest absolute Gasteiger partial charge is 0.490 e. The molecule has 2 atom stereocenters. The van der Waals surface area contributed by atoms with Gasteiger partial charge in [0.2, 0.25) is 0 Å². The summed E-state index contributed by atoms with van der Waals surface area (Å²) in [7, 11) is 0. The number of β-amino-alcohol motifs (C(OH)–C–C–N with tert-alkyl or cyclic N) is 1. The fraction of sp³-hybridized carbons (Fsp3) is 0.381. The first-order valence-electron chi connectivity index (χ1n) is 9.03. The topological polar surface area (TPSA) is 59.0 Å². The van der Waals surface area contributed by atoms with Crippen LogP contribution in [0.2, 0.25) is 0 Å². The molecule has 2 aromatic rings. The summed E-state index contributed by atoms with van der Waals surface area (Å²) in [6, 6.07) is 13.4. The number of benzene rings is 2. The van der Waals surface area contributed by atoms with Crippen LogP contribution in [0.25, 0.3) is 0 Å². The monoisotopic (exact) mass is 409 g/mol. The maximum absolute atomic E-state index is 13.4. The molecule has 7 heteroatoms. The van der Waals surface area contributed by atoms with E-state index in [0.29, 0.717) is 37.6 Å². The Labute approximate surface area is 170 Å². The Morgan fingerprint density at radius 1 is 1.32 bits per heavy atom. The molecule has 5 nitrogen and oxygen atoms in total. The van der Waals surface area contributed by atoms with Crippen LogP contribution in [0.4, 0.5) is 4.39 Å². The van der Waals surface area contributed by atoms with Crippen molar-refractivity contribution < 1.29 is 23.8 Å². The lowest BCUT2D eigenvalue weighted by molar-refractivity contribution is -0.0460. The number of rotatable bonds is 7. The van der Waals surface area contributed by atoms with Crippen LogP contribution in [0, 0.1) is 5.82 Å². The lowest BCUT2D eigenvalue weighted by Gasteiger charge is -2.34. The standard InChI is InChI=1S/C21H24FNO4.ClH/c1-15(24)19-7-2-3-8-20(19)27-14-18(25)12-23-9-10-26-21(13-23)16-5-4-6-17(22)11-16;/h2-8,11,18,21,25H,9-10,12-14H2,1H3;1H. The number of nitrogens with zero attached hydrogens (tertiary/aromatic N) is 1. The first-order chi connectivity index (χ1) is 13.0. The minimum atomic E-state index is -0.712. The Bertz CT molecular complexity index is 789. The number of ether oxygens (including phenoxy) is 2. The van der Waals surface area contributed by atoms with E-state index in [-0.39, 0.29) is 36.7 Å². The predicted octanol–water partition coefficient (Wildman–Crippen LogP) is 3.26. The van der Waals surface area contributed by atoms with Gasteiger partial charge in [-0.2, -0.15) is 0 Å². The fourth-order valence-corrected chi connectivity index (χ4v) is 3.20. The molecule has 152 valence electrons. The Morgan fingerprint density at radius 2 is 2.11 bits per heavy atom. The van der Waals surface area contributed by atoms with E-state index >= 15 is 0 Å². The first kappa shape index (κ1) is 22.3. The maximum atomic E-state index is 13.4. The molecular weight excluding hydrogens is 385 g/mol. The van der Waals surface area contributed by atoms with E-state index < -0.39 is 6.10 Å². The number of para-hydroxylation sites is 1. The predicted molar refractivity (Wildman–Crippen MR) is 107 cm³/mol. The highest BCUT2D eigenvalue weighted by Gasteiger charge is 2.24. The van der Waals surface area contributed by atoms with E-state index in [1.165, 1.54) is 19.1 Å². The first-order valence-corrected chi connectivity index (χ1v) is 9.03. The molecule has 0 bridgehead atoms. The van der Waals surface area contributed by atoms with Crippen molar-refractivity contribution in [2.45, 2.75) is 19.1 Å². The van der Waals surface area contributed by atoms with E-state index in [1.54, 1.807) is 30.3 Å². The zero-order chi connectivity index (χ0) is 19.2. The minimum Gasteiger partial charge on any atom is -0.490 e. The summed E-state index contributed by atoms with van der Waals surface area (Å²) in [5, 5.41) is 10.3. The summed E-state index contributed by atoms with van der Waals surface area (Å²) in [5.74, 6) is 0.112. The summed E-state index contributed by atoms with van der Waals surface area (Å²) in [6.07, 6.45) is -0.933. The van der Waals surface area contributed by atoms with Crippen LogP contribution in [-0.2, 0) is 4.74 Å². The fourth-order valence-electron chi connectivity index (χ4n) is 3.20. The molecule has 1 heterocycles. The molecule has 1 saturated heterocycles. The summed E-state index contributed by atoms with van der Waals surface area (Å²) in [6.45, 7) is 3.77. The lowest BCUT2D eigenvalue weighted by Crippen LogP contribution is -2.43. The number of hydrogen-bond donors (Lipinski definition) is 1. The van der Waals surface area contributed by atoms with Crippen LogP contribution in [0.5, 0.6) is 5.75 Å². The molecule has 0 aliphatic carbocycles. The van der Waals surface area contributed by atoms with Crippen molar-refractivity contribution in [2.24, 2.45) is 0 Å². The van der Waals surface area contributed by atoms with E-state index in [4.69, 9.17) is 9.47 Å². The Morgan fingerprint density at radius 3 is 2.86 bits per heavy atom. The number of carbonyl (C=O) groups is 1. The molecule has 3 rings (SSSR count). The van der Waals surface area contributed by atoms with Gasteiger partial charge in [0.05, 0.1) is 18.3 Å². The van der Waals surface area contributed by atoms with E-state index in [1.807, 2.05) is 6.07 Å². The van der Waals surface area contributed by atoms with E-state index in [2.05, 4.69) is 4.90 Å². The van der Waals surface area contributed by atoms with E-state index in [9.17, 15) is 14.3 Å². The van der Waals surface area contributed by atoms with Crippen molar-refractivity contribution >= 4 is 18.2 Å². The van der Waals surface area contributed by atoms with Gasteiger partial charge in [0, 0.05) is 19.6 Å². The summed E-state index contributed by atoms with van der Waals surface area (Å²) >= 11 is 0. The Hall–Kier alpha value is -1.99. The third-order valence-corrected chi connectivity index (χ3v) is 4.54. The van der Waals surface area contributed by atoms with Crippen LogP contribution in [-0.4, -0.2) is 54.7 Å². The minimum absolute atomic E-state index is 0. The van der Waals surface area contributed by atoms with Gasteiger partial charge < -0.3 is 14.6 Å². The highest BCUT2D eigenvalue weighted by Crippen LogP contribution is 2.23. The van der Waals surface area contributed by atoms with Crippen LogP contribution in [0.1, 0.15) is 28.9 Å². The van der Waals surface area contributed by atoms with Crippen molar-refractivity contribution in [1.29, 1.82) is 0 Å². The quantitative estimate of drug-likeness (QED) is 0.711. The molecule has 1 fully saturated rings. The molecule has 1 N–H and O–H groups in total. The van der Waals surface area contributed by atoms with Crippen LogP contribution in [0.15, 0.2) is 48.5 Å². The summed E-state index contributed by atoms with van der Waals surface area (Å²) in [5.41, 5.74) is 1.29. The van der Waals surface area contributed by atoms with Crippen molar-refractivity contribution in [3.05, 3.63) is 65.5 Å². The number of aliphatic hydroxyl groups excluding tert-OH is 1. The molecule has 0 spiro atoms. The average molecular weight is 410 g/mol. The van der Waals surface area contributed by atoms with Crippen molar-refractivity contribution in [3.8, 4) is 5.75 Å². The van der Waals surface area contributed by atoms with Crippen LogP contribution >= 0.6 is 12.4 Å². The van der Waals surface area contributed by atoms with Gasteiger partial charge in [-0.15, -0.1) is 12.4 Å². The number of halogens is 2. The summed E-state index contributed by atoms with van der Waals surface area (Å²) in [4.78, 5) is 13.7. The highest BCUT2D eigenvalue weighted by atomic mass is 35.5. The Balaban J connectivity index is 0.00000280. The number of morpholine rings is 1. The van der Waals surface area contributed by atoms with Crippen molar-refractivity contribution in [3.63, 3.8) is 0 Å². The molecular formula is C21H25ClFNO4. The van der Waals surface area contributed by atoms with Gasteiger partial charge in [-0.25, -0.2) is 4.39 Å². The molecule has 28 heavy (non-hydrogen) atoms. The summed E-state index contributed by atoms with van der Waals surface area (Å²) < 4.78 is 24.8. The third kappa shape index (κ3) is 6.01. The number of aliphatic hydroxyl groups is 1. The number of hydrogen-bond acceptors (Lipinski definition) is 5. The smallest absolute Gasteiger partial charge is 0.163 e. The van der Waals surface area contributed by atoms with Gasteiger partial charge in [-0.05, 0) is 36.8 Å². The molecule has 0 saturated carbocycles. The molecule has 1 aliphatic rings. The average Bonchev–Trinajstić information content (AvgIpc) is 2.67. The van der Waals surface area contributed by atoms with Gasteiger partial charge in [-0.1, -0.05) is 24.3 Å².